The van der Waals surface area contributed by atoms with Crippen LogP contribution in [0.4, 0.5) is 10.5 Å². The van der Waals surface area contributed by atoms with E-state index in [2.05, 4.69) is 5.32 Å². The number of halogens is 3. The molecule has 1 aliphatic rings. The second kappa shape index (κ2) is 9.31. The number of rotatable bonds is 5. The van der Waals surface area contributed by atoms with Gasteiger partial charge in [0.05, 0.1) is 17.8 Å². The van der Waals surface area contributed by atoms with Gasteiger partial charge >= 0.3 is 6.03 Å². The summed E-state index contributed by atoms with van der Waals surface area (Å²) >= 11 is 18.4. The smallest absolute Gasteiger partial charge is 0.335 e. The molecular weight excluding hydrogens is 489 g/mol. The highest BCUT2D eigenvalue weighted by Crippen LogP contribution is 2.31. The summed E-state index contributed by atoms with van der Waals surface area (Å²) in [7, 11) is 1.45. The number of hydrogen-bond acceptors (Lipinski definition) is 4. The minimum Gasteiger partial charge on any atom is -0.495 e. The molecule has 10 heteroatoms. The maximum Gasteiger partial charge on any atom is 0.335 e. The summed E-state index contributed by atoms with van der Waals surface area (Å²) in [5.74, 6) is -1.18. The van der Waals surface area contributed by atoms with E-state index in [4.69, 9.17) is 39.5 Å². The second-order valence-corrected chi connectivity index (χ2v) is 8.32. The van der Waals surface area contributed by atoms with Crippen LogP contribution in [0.1, 0.15) is 11.3 Å². The van der Waals surface area contributed by atoms with Crippen LogP contribution in [0.5, 0.6) is 5.75 Å². The van der Waals surface area contributed by atoms with E-state index in [9.17, 15) is 14.4 Å². The summed E-state index contributed by atoms with van der Waals surface area (Å²) in [6, 6.07) is 12.3. The zero-order chi connectivity index (χ0) is 23.7. The standard InChI is InChI=1S/C23H16Cl3N3O4/c1-33-20-7-6-16(11-19(20)26)29-22(31)17(21(30)27-23(29)32)10-15-3-2-8-28(15)12-13-4-5-14(24)9-18(13)25/h2-11H,12H2,1H3,(H,27,30,32). The van der Waals surface area contributed by atoms with Crippen molar-refractivity contribution in [2.75, 3.05) is 12.0 Å². The summed E-state index contributed by atoms with van der Waals surface area (Å²) in [4.78, 5) is 39.0. The van der Waals surface area contributed by atoms with Crippen LogP contribution in [0.3, 0.4) is 0 Å². The lowest BCUT2D eigenvalue weighted by Crippen LogP contribution is -2.54. The van der Waals surface area contributed by atoms with Crippen molar-refractivity contribution < 1.29 is 19.1 Å². The Morgan fingerprint density at radius 1 is 1.00 bits per heavy atom. The van der Waals surface area contributed by atoms with Crippen molar-refractivity contribution in [3.05, 3.63) is 86.6 Å². The van der Waals surface area contributed by atoms with E-state index in [0.717, 1.165) is 10.5 Å². The number of nitrogens with one attached hydrogen (secondary N) is 1. The number of ether oxygens (including phenoxy) is 1. The van der Waals surface area contributed by atoms with Crippen LogP contribution in [-0.2, 0) is 16.1 Å². The minimum atomic E-state index is -0.869. The fourth-order valence-corrected chi connectivity index (χ4v) is 4.09. The van der Waals surface area contributed by atoms with Gasteiger partial charge in [-0.1, -0.05) is 40.9 Å². The summed E-state index contributed by atoms with van der Waals surface area (Å²) in [6.45, 7) is 0.384. The van der Waals surface area contributed by atoms with Crippen LogP contribution in [0, 0.1) is 0 Å². The highest BCUT2D eigenvalue weighted by Gasteiger charge is 2.37. The lowest BCUT2D eigenvalue weighted by atomic mass is 10.1. The third-order valence-electron chi connectivity index (χ3n) is 5.01. The van der Waals surface area contributed by atoms with Crippen molar-refractivity contribution in [1.82, 2.24) is 9.88 Å². The number of aromatic nitrogens is 1. The predicted molar refractivity (Wildman–Crippen MR) is 127 cm³/mol. The molecule has 0 spiro atoms. The molecule has 0 unspecified atom stereocenters. The number of anilines is 1. The fraction of sp³-hybridized carbons (Fsp3) is 0.0870. The molecule has 168 valence electrons. The fourth-order valence-electron chi connectivity index (χ4n) is 3.37. The first kappa shape index (κ1) is 22.9. The Morgan fingerprint density at radius 2 is 1.79 bits per heavy atom. The molecule has 1 fully saturated rings. The Hall–Kier alpha value is -3.26. The molecule has 3 aromatic rings. The van der Waals surface area contributed by atoms with Gasteiger partial charge in [0.15, 0.2) is 0 Å². The first-order valence-corrected chi connectivity index (χ1v) is 10.8. The largest absolute Gasteiger partial charge is 0.495 e. The van der Waals surface area contributed by atoms with Gasteiger partial charge in [-0.2, -0.15) is 0 Å². The number of amides is 4. The number of urea groups is 1. The lowest BCUT2D eigenvalue weighted by Gasteiger charge is -2.26. The first-order chi connectivity index (χ1) is 15.8. The van der Waals surface area contributed by atoms with Crippen LogP contribution < -0.4 is 15.0 Å². The molecular formula is C23H16Cl3N3O4. The van der Waals surface area contributed by atoms with Crippen molar-refractivity contribution >= 4 is 64.4 Å². The maximum atomic E-state index is 13.2. The van der Waals surface area contributed by atoms with E-state index in [-0.39, 0.29) is 16.3 Å². The number of nitrogens with zero attached hydrogens (tertiary/aromatic N) is 2. The highest BCUT2D eigenvalue weighted by atomic mass is 35.5. The summed E-state index contributed by atoms with van der Waals surface area (Å²) < 4.78 is 6.92. The van der Waals surface area contributed by atoms with Gasteiger partial charge in [-0.25, -0.2) is 9.69 Å². The maximum absolute atomic E-state index is 13.2. The van der Waals surface area contributed by atoms with Crippen LogP contribution >= 0.6 is 34.8 Å². The normalized spacial score (nSPS) is 15.2. The lowest BCUT2D eigenvalue weighted by molar-refractivity contribution is -0.122. The third kappa shape index (κ3) is 4.61. The topological polar surface area (TPSA) is 80.6 Å². The number of barbiturate groups is 1. The number of hydrogen-bond donors (Lipinski definition) is 1. The Bertz CT molecular complexity index is 1320. The second-order valence-electron chi connectivity index (χ2n) is 7.07. The molecule has 7 nitrogen and oxygen atoms in total. The Labute approximate surface area is 204 Å². The summed E-state index contributed by atoms with van der Waals surface area (Å²) in [5, 5.41) is 3.42. The molecule has 0 aliphatic carbocycles. The Balaban J connectivity index is 1.67. The minimum absolute atomic E-state index is 0.199. The van der Waals surface area contributed by atoms with Crippen LogP contribution in [0.2, 0.25) is 15.1 Å². The van der Waals surface area contributed by atoms with Gasteiger partial charge < -0.3 is 9.30 Å². The van der Waals surface area contributed by atoms with Gasteiger partial charge in [0.25, 0.3) is 11.8 Å². The van der Waals surface area contributed by atoms with E-state index in [1.54, 1.807) is 36.5 Å². The molecule has 33 heavy (non-hydrogen) atoms. The molecule has 2 heterocycles. The van der Waals surface area contributed by atoms with Gasteiger partial charge in [0.1, 0.15) is 11.3 Å². The molecule has 0 atom stereocenters. The van der Waals surface area contributed by atoms with Gasteiger partial charge in [-0.15, -0.1) is 0 Å². The third-order valence-corrected chi connectivity index (χ3v) is 5.89. The quantitative estimate of drug-likeness (QED) is 0.384. The average molecular weight is 505 g/mol. The van der Waals surface area contributed by atoms with E-state index < -0.39 is 17.8 Å². The Kier molecular flexibility index (Phi) is 6.47. The SMILES string of the molecule is COc1ccc(N2C(=O)NC(=O)C(=Cc3cccn3Cc3ccc(Cl)cc3Cl)C2=O)cc1Cl. The zero-order valence-corrected chi connectivity index (χ0v) is 19.4. The zero-order valence-electron chi connectivity index (χ0n) is 17.1. The molecule has 1 aliphatic heterocycles. The van der Waals surface area contributed by atoms with Crippen molar-refractivity contribution in [3.63, 3.8) is 0 Å². The molecule has 0 saturated carbocycles. The summed E-state index contributed by atoms with van der Waals surface area (Å²) in [6.07, 6.45) is 3.21. The molecule has 1 aromatic heterocycles. The van der Waals surface area contributed by atoms with Crippen molar-refractivity contribution in [3.8, 4) is 5.75 Å². The number of imide groups is 2. The van der Waals surface area contributed by atoms with Crippen molar-refractivity contribution in [2.45, 2.75) is 6.54 Å². The monoisotopic (exact) mass is 503 g/mol. The highest BCUT2D eigenvalue weighted by molar-refractivity contribution is 6.39. The number of benzene rings is 2. The van der Waals surface area contributed by atoms with Crippen LogP contribution in [0.15, 0.2) is 60.3 Å². The van der Waals surface area contributed by atoms with E-state index in [1.807, 2.05) is 4.57 Å². The molecule has 2 aromatic carbocycles. The van der Waals surface area contributed by atoms with Gasteiger partial charge in [-0.3, -0.25) is 14.9 Å². The summed E-state index contributed by atoms with van der Waals surface area (Å²) in [5.41, 5.74) is 1.37. The van der Waals surface area contributed by atoms with Gasteiger partial charge in [0.2, 0.25) is 0 Å². The number of carbonyl (C=O) groups is 3. The van der Waals surface area contributed by atoms with Crippen molar-refractivity contribution in [2.24, 2.45) is 0 Å². The van der Waals surface area contributed by atoms with Crippen molar-refractivity contribution in [1.29, 1.82) is 0 Å². The van der Waals surface area contributed by atoms with E-state index in [1.165, 1.54) is 31.4 Å². The van der Waals surface area contributed by atoms with Gasteiger partial charge in [-0.05, 0) is 54.1 Å². The Morgan fingerprint density at radius 3 is 2.48 bits per heavy atom. The first-order valence-electron chi connectivity index (χ1n) is 9.62. The predicted octanol–water partition coefficient (Wildman–Crippen LogP) is 5.17. The van der Waals surface area contributed by atoms with Crippen LogP contribution in [0.25, 0.3) is 6.08 Å². The van der Waals surface area contributed by atoms with E-state index in [0.29, 0.717) is 28.0 Å². The van der Waals surface area contributed by atoms with Crippen LogP contribution in [-0.4, -0.2) is 29.5 Å². The number of methoxy groups -OCH3 is 1. The molecule has 0 radical (unpaired) electrons. The molecule has 1 saturated heterocycles. The molecule has 4 rings (SSSR count). The molecule has 4 amide bonds. The number of carbonyl (C=O) groups excluding carboxylic acids is 3. The molecule has 1 N–H and O–H groups in total. The van der Waals surface area contributed by atoms with Gasteiger partial charge in [0, 0.05) is 28.5 Å². The van der Waals surface area contributed by atoms with E-state index >= 15 is 0 Å². The molecule has 0 bridgehead atoms. The average Bonchev–Trinajstić information content (AvgIpc) is 3.20.